The highest BCUT2D eigenvalue weighted by Crippen LogP contribution is 2.32. The van der Waals surface area contributed by atoms with Gasteiger partial charge in [0.15, 0.2) is 0 Å². The molecule has 0 fully saturated rings. The molecule has 1 atom stereocenters. The van der Waals surface area contributed by atoms with Crippen LogP contribution in [0.5, 0.6) is 5.88 Å². The van der Waals surface area contributed by atoms with Gasteiger partial charge in [-0.05, 0) is 12.5 Å². The van der Waals surface area contributed by atoms with Crippen LogP contribution in [0.3, 0.4) is 0 Å². The molecule has 23 heavy (non-hydrogen) atoms. The molecule has 2 aromatic heterocycles. The molecule has 7 nitrogen and oxygen atoms in total. The molecule has 0 saturated carbocycles. The molecule has 0 radical (unpaired) electrons. The fourth-order valence-corrected chi connectivity index (χ4v) is 2.09. The highest BCUT2D eigenvalue weighted by molar-refractivity contribution is 6.05. The Labute approximate surface area is 135 Å². The summed E-state index contributed by atoms with van der Waals surface area (Å²) in [7, 11) is 5.26. The number of pyridine rings is 1. The van der Waals surface area contributed by atoms with Crippen molar-refractivity contribution < 1.29 is 14.1 Å². The highest BCUT2D eigenvalue weighted by atomic mass is 16.5. The molecule has 2 heterocycles. The molecule has 1 N–H and O–H groups in total. The average Bonchev–Trinajstić information content (AvgIpc) is 3.04. The third kappa shape index (κ3) is 3.61. The van der Waals surface area contributed by atoms with Gasteiger partial charge in [-0.2, -0.15) is 0 Å². The van der Waals surface area contributed by atoms with Gasteiger partial charge in [0.1, 0.15) is 5.69 Å². The minimum Gasteiger partial charge on any atom is -0.479 e. The van der Waals surface area contributed by atoms with Crippen molar-refractivity contribution in [3.8, 4) is 5.88 Å². The number of nitrogens with zero attached hydrogens (tertiary/aromatic N) is 3. The molecule has 0 aromatic carbocycles. The summed E-state index contributed by atoms with van der Waals surface area (Å²) in [6, 6.07) is 3.46. The van der Waals surface area contributed by atoms with Crippen molar-refractivity contribution in [1.29, 1.82) is 0 Å². The first-order valence-electron chi connectivity index (χ1n) is 7.46. The number of carbonyl (C=O) groups is 1. The van der Waals surface area contributed by atoms with Gasteiger partial charge in [-0.15, -0.1) is 0 Å². The maximum absolute atomic E-state index is 12.4. The Balaban J connectivity index is 2.28. The predicted octanol–water partition coefficient (Wildman–Crippen LogP) is 2.91. The molecule has 2 rings (SSSR count). The van der Waals surface area contributed by atoms with E-state index in [1.165, 1.54) is 7.11 Å². The Morgan fingerprint density at radius 2 is 2.22 bits per heavy atom. The third-order valence-electron chi connectivity index (χ3n) is 3.68. The zero-order valence-electron chi connectivity index (χ0n) is 14.1. The van der Waals surface area contributed by atoms with E-state index in [9.17, 15) is 4.79 Å². The van der Waals surface area contributed by atoms with E-state index >= 15 is 0 Å². The molecule has 0 unspecified atom stereocenters. The highest BCUT2D eigenvalue weighted by Gasteiger charge is 2.20. The Morgan fingerprint density at radius 3 is 2.83 bits per heavy atom. The van der Waals surface area contributed by atoms with E-state index in [2.05, 4.69) is 22.4 Å². The normalized spacial score (nSPS) is 11.9. The monoisotopic (exact) mass is 318 g/mol. The summed E-state index contributed by atoms with van der Waals surface area (Å²) < 4.78 is 10.4. The van der Waals surface area contributed by atoms with Gasteiger partial charge >= 0.3 is 0 Å². The Kier molecular flexibility index (Phi) is 5.20. The lowest BCUT2D eigenvalue weighted by molar-refractivity contribution is 0.0987. The molecular weight excluding hydrogens is 296 g/mol. The van der Waals surface area contributed by atoms with Crippen LogP contribution in [0, 0.1) is 0 Å². The first-order valence-corrected chi connectivity index (χ1v) is 7.46. The Hall–Kier alpha value is -2.57. The van der Waals surface area contributed by atoms with Crippen LogP contribution in [0.2, 0.25) is 0 Å². The Bertz CT molecular complexity index is 682. The maximum atomic E-state index is 12.4. The number of rotatable bonds is 6. The molecule has 2 aromatic rings. The van der Waals surface area contributed by atoms with Crippen LogP contribution < -0.4 is 15.0 Å². The fraction of sp³-hybridized carbons (Fsp3) is 0.438. The van der Waals surface area contributed by atoms with Crippen LogP contribution in [0.25, 0.3) is 0 Å². The number of nitrogens with one attached hydrogen (secondary N) is 1. The molecule has 124 valence electrons. The number of ether oxygens (including phenoxy) is 1. The number of aromatic nitrogens is 2. The SMILES string of the molecule is CC[C@H](C)c1cc(C(=O)Nc2c(N(C)C)ccnc2OC)on1. The summed E-state index contributed by atoms with van der Waals surface area (Å²) >= 11 is 0. The van der Waals surface area contributed by atoms with E-state index in [1.807, 2.05) is 25.9 Å². The molecule has 7 heteroatoms. The molecule has 0 aliphatic rings. The van der Waals surface area contributed by atoms with E-state index < -0.39 is 0 Å². The maximum Gasteiger partial charge on any atom is 0.294 e. The molecule has 1 amide bonds. The summed E-state index contributed by atoms with van der Waals surface area (Å²) in [4.78, 5) is 18.4. The lowest BCUT2D eigenvalue weighted by atomic mass is 10.1. The zero-order valence-corrected chi connectivity index (χ0v) is 14.1. The third-order valence-corrected chi connectivity index (χ3v) is 3.68. The number of anilines is 2. The van der Waals surface area contributed by atoms with Gasteiger partial charge < -0.3 is 19.5 Å². The van der Waals surface area contributed by atoms with Crippen molar-refractivity contribution in [2.45, 2.75) is 26.2 Å². The van der Waals surface area contributed by atoms with E-state index in [0.717, 1.165) is 17.8 Å². The van der Waals surface area contributed by atoms with Gasteiger partial charge in [-0.1, -0.05) is 19.0 Å². The van der Waals surface area contributed by atoms with E-state index in [0.29, 0.717) is 11.6 Å². The van der Waals surface area contributed by atoms with E-state index in [4.69, 9.17) is 9.26 Å². The first kappa shape index (κ1) is 16.8. The second kappa shape index (κ2) is 7.13. The molecule has 0 aliphatic carbocycles. The van der Waals surface area contributed by atoms with Crippen LogP contribution in [0.4, 0.5) is 11.4 Å². The zero-order chi connectivity index (χ0) is 17.0. The second-order valence-electron chi connectivity index (χ2n) is 5.49. The van der Waals surface area contributed by atoms with Gasteiger partial charge in [0, 0.05) is 32.3 Å². The van der Waals surface area contributed by atoms with Crippen LogP contribution >= 0.6 is 0 Å². The summed E-state index contributed by atoms with van der Waals surface area (Å²) in [5.41, 5.74) is 2.04. The first-order chi connectivity index (χ1) is 11.0. The van der Waals surface area contributed by atoms with Crippen LogP contribution in [0.15, 0.2) is 22.9 Å². The summed E-state index contributed by atoms with van der Waals surface area (Å²) in [6.45, 7) is 4.09. The van der Waals surface area contributed by atoms with Crippen molar-refractivity contribution >= 4 is 17.3 Å². The minimum atomic E-state index is -0.388. The molecule has 0 spiro atoms. The topological polar surface area (TPSA) is 80.5 Å². The summed E-state index contributed by atoms with van der Waals surface area (Å²) in [6.07, 6.45) is 2.55. The smallest absolute Gasteiger partial charge is 0.294 e. The summed E-state index contributed by atoms with van der Waals surface area (Å²) in [5, 5.41) is 6.75. The van der Waals surface area contributed by atoms with E-state index in [1.54, 1.807) is 18.3 Å². The Morgan fingerprint density at radius 1 is 1.48 bits per heavy atom. The molecule has 0 saturated heterocycles. The van der Waals surface area contributed by atoms with Crippen molar-refractivity contribution in [2.75, 3.05) is 31.4 Å². The van der Waals surface area contributed by atoms with Gasteiger partial charge in [-0.3, -0.25) is 4.79 Å². The quantitative estimate of drug-likeness (QED) is 0.882. The minimum absolute atomic E-state index is 0.163. The molecule has 0 bridgehead atoms. The van der Waals surface area contributed by atoms with Crippen LogP contribution in [-0.4, -0.2) is 37.3 Å². The average molecular weight is 318 g/mol. The summed E-state index contributed by atoms with van der Waals surface area (Å²) in [5.74, 6) is 0.356. The second-order valence-corrected chi connectivity index (χ2v) is 5.49. The van der Waals surface area contributed by atoms with Crippen LogP contribution in [0.1, 0.15) is 42.4 Å². The standard InChI is InChI=1S/C16H22N4O3/c1-6-10(2)11-9-13(23-19-11)15(21)18-14-12(20(3)4)7-8-17-16(14)22-5/h7-10H,6H2,1-5H3,(H,18,21)/t10-/m0/s1. The van der Waals surface area contributed by atoms with Gasteiger partial charge in [-0.25, -0.2) is 4.98 Å². The number of hydrogen-bond donors (Lipinski definition) is 1. The van der Waals surface area contributed by atoms with Gasteiger partial charge in [0.2, 0.25) is 11.6 Å². The molecule has 0 aliphatic heterocycles. The van der Waals surface area contributed by atoms with Crippen molar-refractivity contribution in [2.24, 2.45) is 0 Å². The predicted molar refractivity (Wildman–Crippen MR) is 88.3 cm³/mol. The van der Waals surface area contributed by atoms with Crippen LogP contribution in [-0.2, 0) is 0 Å². The number of hydrogen-bond acceptors (Lipinski definition) is 6. The number of amides is 1. The largest absolute Gasteiger partial charge is 0.479 e. The van der Waals surface area contributed by atoms with Crippen molar-refractivity contribution in [3.63, 3.8) is 0 Å². The fourth-order valence-electron chi connectivity index (χ4n) is 2.09. The van der Waals surface area contributed by atoms with Crippen molar-refractivity contribution in [1.82, 2.24) is 10.1 Å². The van der Waals surface area contributed by atoms with E-state index in [-0.39, 0.29) is 17.6 Å². The van der Waals surface area contributed by atoms with Gasteiger partial charge in [0.05, 0.1) is 18.5 Å². The van der Waals surface area contributed by atoms with Crippen molar-refractivity contribution in [3.05, 3.63) is 29.8 Å². The number of methoxy groups -OCH3 is 1. The lowest BCUT2D eigenvalue weighted by Gasteiger charge is -2.18. The molecular formula is C16H22N4O3. The lowest BCUT2D eigenvalue weighted by Crippen LogP contribution is -2.17. The van der Waals surface area contributed by atoms with Gasteiger partial charge in [0.25, 0.3) is 5.91 Å². The number of carbonyl (C=O) groups excluding carboxylic acids is 1.